The number of rotatable bonds is 4. The summed E-state index contributed by atoms with van der Waals surface area (Å²) in [6.07, 6.45) is 2.91. The Morgan fingerprint density at radius 2 is 2.17 bits per heavy atom. The van der Waals surface area contributed by atoms with Crippen LogP contribution in [0, 0.1) is 0 Å². The van der Waals surface area contributed by atoms with Gasteiger partial charge < -0.3 is 15.8 Å². The van der Waals surface area contributed by atoms with Gasteiger partial charge in [0.1, 0.15) is 5.69 Å². The summed E-state index contributed by atoms with van der Waals surface area (Å²) in [4.78, 5) is 31.7. The molecule has 0 spiro atoms. The van der Waals surface area contributed by atoms with E-state index in [2.05, 4.69) is 25.5 Å². The molecule has 0 radical (unpaired) electrons. The Bertz CT molecular complexity index is 907. The van der Waals surface area contributed by atoms with Crippen LogP contribution in [0.3, 0.4) is 0 Å². The molecule has 24 heavy (non-hydrogen) atoms. The van der Waals surface area contributed by atoms with E-state index in [9.17, 15) is 9.59 Å². The fourth-order valence-corrected chi connectivity index (χ4v) is 1.98. The van der Waals surface area contributed by atoms with E-state index in [0.717, 1.165) is 0 Å². The van der Waals surface area contributed by atoms with Crippen molar-refractivity contribution in [2.45, 2.75) is 6.92 Å². The summed E-state index contributed by atoms with van der Waals surface area (Å²) in [5, 5.41) is 10.3. The highest BCUT2D eigenvalue weighted by Crippen LogP contribution is 2.15. The maximum atomic E-state index is 12.1. The van der Waals surface area contributed by atoms with Crippen LogP contribution >= 0.6 is 0 Å². The Morgan fingerprint density at radius 3 is 2.88 bits per heavy atom. The third-order valence-electron chi connectivity index (χ3n) is 3.02. The molecule has 3 aromatic heterocycles. The van der Waals surface area contributed by atoms with Crippen molar-refractivity contribution in [2.24, 2.45) is 0 Å². The van der Waals surface area contributed by atoms with E-state index < -0.39 is 11.9 Å². The quantitative estimate of drug-likeness (QED) is 0.662. The average molecular weight is 327 g/mol. The van der Waals surface area contributed by atoms with Gasteiger partial charge in [-0.2, -0.15) is 0 Å². The number of nitrogens with two attached hydrogens (primary N) is 1. The van der Waals surface area contributed by atoms with E-state index in [4.69, 9.17) is 10.5 Å². The summed E-state index contributed by atoms with van der Waals surface area (Å²) in [6, 6.07) is 4.95. The first-order chi connectivity index (χ1) is 11.6. The van der Waals surface area contributed by atoms with Crippen LogP contribution < -0.4 is 11.1 Å². The van der Waals surface area contributed by atoms with Crippen LogP contribution in [-0.2, 0) is 4.74 Å². The molecule has 0 atom stereocenters. The smallest absolute Gasteiger partial charge is 0.361 e. The zero-order chi connectivity index (χ0) is 17.1. The minimum absolute atomic E-state index is 0.0243. The summed E-state index contributed by atoms with van der Waals surface area (Å²) in [6.45, 7) is 1.87. The first-order valence-electron chi connectivity index (χ1n) is 7.01. The number of nitrogens with one attached hydrogen (secondary N) is 1. The van der Waals surface area contributed by atoms with Crippen LogP contribution in [0.1, 0.15) is 27.9 Å². The van der Waals surface area contributed by atoms with Crippen molar-refractivity contribution >= 4 is 29.3 Å². The van der Waals surface area contributed by atoms with Crippen molar-refractivity contribution < 1.29 is 14.3 Å². The van der Waals surface area contributed by atoms with Crippen molar-refractivity contribution in [1.29, 1.82) is 0 Å². The molecule has 122 valence electrons. The Balaban J connectivity index is 1.91. The van der Waals surface area contributed by atoms with Gasteiger partial charge in [-0.05, 0) is 19.1 Å². The molecule has 0 aliphatic rings. The van der Waals surface area contributed by atoms with Gasteiger partial charge in [-0.15, -0.1) is 10.2 Å². The monoisotopic (exact) mass is 327 g/mol. The van der Waals surface area contributed by atoms with Crippen molar-refractivity contribution in [3.8, 4) is 0 Å². The van der Waals surface area contributed by atoms with Crippen molar-refractivity contribution in [1.82, 2.24) is 24.6 Å². The van der Waals surface area contributed by atoms with Gasteiger partial charge in [-0.25, -0.2) is 9.78 Å². The highest BCUT2D eigenvalue weighted by atomic mass is 16.5. The standard InChI is InChI=1S/C14H13N7O3/c1-2-24-13(23)10-11-20-19-9(7-21(11)14(15)18-10)17-12(22)8-5-3-4-6-16-8/h3-7H,2H2,1H3,(H2,15,18)(H,17,22). The summed E-state index contributed by atoms with van der Waals surface area (Å²) in [5.41, 5.74) is 6.10. The van der Waals surface area contributed by atoms with Gasteiger partial charge in [-0.3, -0.25) is 14.2 Å². The molecular formula is C14H13N7O3. The van der Waals surface area contributed by atoms with E-state index in [0.29, 0.717) is 0 Å². The van der Waals surface area contributed by atoms with Crippen LogP contribution in [0.5, 0.6) is 0 Å². The van der Waals surface area contributed by atoms with E-state index in [1.807, 2.05) is 0 Å². The van der Waals surface area contributed by atoms with Gasteiger partial charge in [0, 0.05) is 6.20 Å². The molecule has 0 aliphatic heterocycles. The van der Waals surface area contributed by atoms with Crippen LogP contribution in [0.25, 0.3) is 5.65 Å². The first-order valence-corrected chi connectivity index (χ1v) is 7.01. The number of hydrogen-bond donors (Lipinski definition) is 2. The highest BCUT2D eigenvalue weighted by Gasteiger charge is 2.20. The van der Waals surface area contributed by atoms with E-state index in [-0.39, 0.29) is 35.4 Å². The molecule has 0 aliphatic carbocycles. The Kier molecular flexibility index (Phi) is 4.01. The Labute approximate surface area is 135 Å². The number of nitrogens with zero attached hydrogens (tertiary/aromatic N) is 5. The number of anilines is 2. The summed E-state index contributed by atoms with van der Waals surface area (Å²) in [7, 11) is 0. The second kappa shape index (κ2) is 6.28. The molecule has 10 nitrogen and oxygen atoms in total. The van der Waals surface area contributed by atoms with Crippen LogP contribution in [0.15, 0.2) is 30.6 Å². The van der Waals surface area contributed by atoms with Crippen LogP contribution in [0.4, 0.5) is 11.8 Å². The van der Waals surface area contributed by atoms with Crippen LogP contribution in [0.2, 0.25) is 0 Å². The average Bonchev–Trinajstić information content (AvgIpc) is 2.92. The van der Waals surface area contributed by atoms with E-state index >= 15 is 0 Å². The molecule has 3 rings (SSSR count). The number of fused-ring (bicyclic) bond motifs is 1. The number of pyridine rings is 1. The minimum Gasteiger partial charge on any atom is -0.461 e. The fourth-order valence-electron chi connectivity index (χ4n) is 1.98. The molecule has 0 fully saturated rings. The van der Waals surface area contributed by atoms with E-state index in [1.165, 1.54) is 16.8 Å². The van der Waals surface area contributed by atoms with Crippen molar-refractivity contribution in [2.75, 3.05) is 17.7 Å². The third kappa shape index (κ3) is 2.84. The fraction of sp³-hybridized carbons (Fsp3) is 0.143. The van der Waals surface area contributed by atoms with Gasteiger partial charge >= 0.3 is 5.97 Å². The molecule has 0 saturated carbocycles. The normalized spacial score (nSPS) is 10.5. The summed E-state index contributed by atoms with van der Waals surface area (Å²) in [5.74, 6) is -0.936. The Hall–Kier alpha value is -3.56. The second-order valence-corrected chi connectivity index (χ2v) is 4.62. The number of esters is 1. The molecule has 0 unspecified atom stereocenters. The lowest BCUT2D eigenvalue weighted by Gasteiger charge is -2.04. The van der Waals surface area contributed by atoms with Gasteiger partial charge in [0.2, 0.25) is 5.95 Å². The maximum absolute atomic E-state index is 12.1. The molecule has 0 bridgehead atoms. The molecule has 0 aromatic carbocycles. The number of carbonyl (C=O) groups is 2. The number of nitrogen functional groups attached to an aromatic ring is 1. The minimum atomic E-state index is -0.647. The lowest BCUT2D eigenvalue weighted by Crippen LogP contribution is -2.15. The van der Waals surface area contributed by atoms with Gasteiger partial charge in [-0.1, -0.05) is 6.07 Å². The zero-order valence-corrected chi connectivity index (χ0v) is 12.6. The van der Waals surface area contributed by atoms with Gasteiger partial charge in [0.05, 0.1) is 12.8 Å². The van der Waals surface area contributed by atoms with E-state index in [1.54, 1.807) is 25.1 Å². The topological polar surface area (TPSA) is 137 Å². The van der Waals surface area contributed by atoms with Crippen LogP contribution in [-0.4, -0.2) is 43.0 Å². The number of aromatic nitrogens is 5. The maximum Gasteiger partial charge on any atom is 0.361 e. The molecule has 1 amide bonds. The van der Waals surface area contributed by atoms with Crippen molar-refractivity contribution in [3.63, 3.8) is 0 Å². The summed E-state index contributed by atoms with van der Waals surface area (Å²) >= 11 is 0. The summed E-state index contributed by atoms with van der Waals surface area (Å²) < 4.78 is 6.23. The third-order valence-corrected chi connectivity index (χ3v) is 3.02. The zero-order valence-electron chi connectivity index (χ0n) is 12.6. The van der Waals surface area contributed by atoms with Gasteiger partial charge in [0.25, 0.3) is 5.91 Å². The lowest BCUT2D eigenvalue weighted by atomic mass is 10.3. The molecule has 3 N–H and O–H groups in total. The number of hydrogen-bond acceptors (Lipinski definition) is 8. The van der Waals surface area contributed by atoms with Gasteiger partial charge in [0.15, 0.2) is 17.2 Å². The highest BCUT2D eigenvalue weighted by molar-refractivity contribution is 6.02. The number of carbonyl (C=O) groups excluding carboxylic acids is 2. The molecule has 3 aromatic rings. The largest absolute Gasteiger partial charge is 0.461 e. The Morgan fingerprint density at radius 1 is 1.33 bits per heavy atom. The first kappa shape index (κ1) is 15.3. The number of ether oxygens (including phenoxy) is 1. The van der Waals surface area contributed by atoms with Crippen molar-refractivity contribution in [3.05, 3.63) is 42.0 Å². The predicted molar refractivity (Wildman–Crippen MR) is 83.3 cm³/mol. The molecular weight excluding hydrogens is 314 g/mol. The molecule has 3 heterocycles. The number of amides is 1. The second-order valence-electron chi connectivity index (χ2n) is 4.62. The predicted octanol–water partition coefficient (Wildman–Crippen LogP) is 0.531. The SMILES string of the molecule is CCOC(=O)c1nc(N)n2cc(NC(=O)c3ccccn3)nnc12. The molecule has 0 saturated heterocycles. The molecule has 10 heteroatoms. The number of imidazole rings is 1. The lowest BCUT2D eigenvalue weighted by molar-refractivity contribution is 0.0522.